The van der Waals surface area contributed by atoms with Gasteiger partial charge >= 0.3 is 5.97 Å². The molecule has 0 aromatic heterocycles. The van der Waals surface area contributed by atoms with Crippen LogP contribution in [-0.2, 0) is 14.4 Å². The molecule has 0 bridgehead atoms. The lowest BCUT2D eigenvalue weighted by Crippen LogP contribution is -2.34. The first-order valence-electron chi connectivity index (χ1n) is 5.24. The molecule has 7 heteroatoms. The van der Waals surface area contributed by atoms with Crippen LogP contribution < -0.4 is 11.5 Å². The van der Waals surface area contributed by atoms with E-state index in [-0.39, 0.29) is 23.1 Å². The van der Waals surface area contributed by atoms with Crippen molar-refractivity contribution in [3.8, 4) is 0 Å². The second-order valence-corrected chi connectivity index (χ2v) is 4.88. The molecule has 0 amide bonds. The Morgan fingerprint density at radius 2 is 1.71 bits per heavy atom. The number of rotatable bonds is 8. The Balaban J connectivity index is 3.78. The van der Waals surface area contributed by atoms with Crippen molar-refractivity contribution in [1.82, 2.24) is 0 Å². The zero-order valence-corrected chi connectivity index (χ0v) is 10.5. The quantitative estimate of drug-likeness (QED) is 0.550. The molecule has 0 heterocycles. The first-order valence-corrected chi connectivity index (χ1v) is 6.23. The number of aliphatic carboxylic acids is 1. The molecule has 0 fully saturated rings. The van der Waals surface area contributed by atoms with Crippen LogP contribution in [0.3, 0.4) is 0 Å². The monoisotopic (exact) mass is 262 g/mol. The Kier molecular flexibility index (Phi) is 7.77. The molecule has 0 aromatic carbocycles. The summed E-state index contributed by atoms with van der Waals surface area (Å²) in [5.41, 5.74) is 10.9. The maximum absolute atomic E-state index is 11.4. The second-order valence-electron chi connectivity index (χ2n) is 3.73. The van der Waals surface area contributed by atoms with E-state index in [1.165, 1.54) is 6.92 Å². The Bertz CT molecular complexity index is 296. The van der Waals surface area contributed by atoms with Crippen LogP contribution in [0.1, 0.15) is 26.2 Å². The molecule has 0 saturated carbocycles. The highest BCUT2D eigenvalue weighted by molar-refractivity contribution is 8.14. The number of nitrogens with two attached hydrogens (primary N) is 2. The highest BCUT2D eigenvalue weighted by Crippen LogP contribution is 2.07. The van der Waals surface area contributed by atoms with Gasteiger partial charge in [-0.05, 0) is 19.3 Å². The van der Waals surface area contributed by atoms with Gasteiger partial charge in [0, 0.05) is 6.92 Å². The SMILES string of the molecule is CC(=O)SCC(=O)C(N)CCC[C@H](N)C(=O)O. The smallest absolute Gasteiger partial charge is 0.320 e. The molecular formula is C10H18N2O4S. The van der Waals surface area contributed by atoms with Gasteiger partial charge in [0.15, 0.2) is 10.9 Å². The van der Waals surface area contributed by atoms with E-state index in [4.69, 9.17) is 16.6 Å². The number of Topliss-reactive ketones (excluding diaryl/α,β-unsaturated/α-hetero) is 1. The van der Waals surface area contributed by atoms with Crippen molar-refractivity contribution < 1.29 is 19.5 Å². The lowest BCUT2D eigenvalue weighted by atomic mass is 10.0. The molecule has 0 radical (unpaired) electrons. The normalized spacial score (nSPS) is 14.1. The largest absolute Gasteiger partial charge is 0.480 e. The fourth-order valence-electron chi connectivity index (χ4n) is 1.12. The topological polar surface area (TPSA) is 123 Å². The highest BCUT2D eigenvalue weighted by atomic mass is 32.2. The first-order chi connectivity index (χ1) is 7.84. The number of ketones is 1. The molecule has 0 spiro atoms. The minimum absolute atomic E-state index is 0.0709. The Labute approximate surface area is 104 Å². The molecule has 6 nitrogen and oxygen atoms in total. The van der Waals surface area contributed by atoms with Gasteiger partial charge in [-0.3, -0.25) is 14.4 Å². The van der Waals surface area contributed by atoms with Crippen molar-refractivity contribution in [2.24, 2.45) is 11.5 Å². The Hall–Kier alpha value is -0.920. The molecule has 98 valence electrons. The molecular weight excluding hydrogens is 244 g/mol. The van der Waals surface area contributed by atoms with Crippen LogP contribution in [0, 0.1) is 0 Å². The van der Waals surface area contributed by atoms with Crippen LogP contribution in [0.4, 0.5) is 0 Å². The van der Waals surface area contributed by atoms with Gasteiger partial charge < -0.3 is 16.6 Å². The molecule has 5 N–H and O–H groups in total. The van der Waals surface area contributed by atoms with E-state index in [2.05, 4.69) is 0 Å². The summed E-state index contributed by atoms with van der Waals surface area (Å²) in [5.74, 6) is -1.19. The van der Waals surface area contributed by atoms with Crippen molar-refractivity contribution in [3.05, 3.63) is 0 Å². The molecule has 0 aliphatic heterocycles. The van der Waals surface area contributed by atoms with E-state index in [1.54, 1.807) is 0 Å². The van der Waals surface area contributed by atoms with E-state index < -0.39 is 18.1 Å². The molecule has 0 aliphatic rings. The number of carbonyl (C=O) groups is 3. The van der Waals surface area contributed by atoms with Gasteiger partial charge in [0.1, 0.15) is 6.04 Å². The van der Waals surface area contributed by atoms with Gasteiger partial charge in [-0.25, -0.2) is 0 Å². The van der Waals surface area contributed by atoms with Gasteiger partial charge in [0.05, 0.1) is 11.8 Å². The third-order valence-electron chi connectivity index (χ3n) is 2.18. The lowest BCUT2D eigenvalue weighted by Gasteiger charge is -2.11. The van der Waals surface area contributed by atoms with Crippen LogP contribution >= 0.6 is 11.8 Å². The van der Waals surface area contributed by atoms with Crippen molar-refractivity contribution >= 4 is 28.6 Å². The summed E-state index contributed by atoms with van der Waals surface area (Å²) in [6, 6.07) is -1.56. The van der Waals surface area contributed by atoms with Crippen LogP contribution in [0.25, 0.3) is 0 Å². The van der Waals surface area contributed by atoms with Crippen LogP contribution in [0.2, 0.25) is 0 Å². The van der Waals surface area contributed by atoms with Gasteiger partial charge in [-0.2, -0.15) is 0 Å². The Morgan fingerprint density at radius 3 is 2.18 bits per heavy atom. The van der Waals surface area contributed by atoms with Crippen LogP contribution in [0.5, 0.6) is 0 Å². The molecule has 0 aliphatic carbocycles. The van der Waals surface area contributed by atoms with Crippen LogP contribution in [0.15, 0.2) is 0 Å². The average Bonchev–Trinajstić information content (AvgIpc) is 2.25. The predicted octanol–water partition coefficient (Wildman–Crippen LogP) is -0.255. The van der Waals surface area contributed by atoms with E-state index in [0.717, 1.165) is 11.8 Å². The number of hydrogen-bond acceptors (Lipinski definition) is 6. The van der Waals surface area contributed by atoms with Crippen LogP contribution in [-0.4, -0.2) is 39.8 Å². The van der Waals surface area contributed by atoms with E-state index in [9.17, 15) is 14.4 Å². The molecule has 0 aromatic rings. The summed E-state index contributed by atoms with van der Waals surface area (Å²) in [6.45, 7) is 1.38. The van der Waals surface area contributed by atoms with Gasteiger partial charge in [0.2, 0.25) is 0 Å². The first kappa shape index (κ1) is 16.1. The number of carboxylic acid groups (broad SMARTS) is 1. The molecule has 17 heavy (non-hydrogen) atoms. The van der Waals surface area contributed by atoms with Crippen molar-refractivity contribution in [1.29, 1.82) is 0 Å². The lowest BCUT2D eigenvalue weighted by molar-refractivity contribution is -0.138. The van der Waals surface area contributed by atoms with E-state index in [0.29, 0.717) is 12.8 Å². The minimum atomic E-state index is -1.06. The van der Waals surface area contributed by atoms with Gasteiger partial charge in [-0.15, -0.1) is 0 Å². The third kappa shape index (κ3) is 7.89. The fourth-order valence-corrected chi connectivity index (χ4v) is 1.68. The summed E-state index contributed by atoms with van der Waals surface area (Å²) >= 11 is 0.925. The van der Waals surface area contributed by atoms with Gasteiger partial charge in [-0.1, -0.05) is 11.8 Å². The molecule has 2 atom stereocenters. The summed E-state index contributed by atoms with van der Waals surface area (Å²) in [4.78, 5) is 32.5. The second kappa shape index (κ2) is 8.21. The summed E-state index contributed by atoms with van der Waals surface area (Å²) in [6.07, 6.45) is 1.15. The van der Waals surface area contributed by atoms with Gasteiger partial charge in [0.25, 0.3) is 0 Å². The fraction of sp³-hybridized carbons (Fsp3) is 0.700. The summed E-state index contributed by atoms with van der Waals surface area (Å²) < 4.78 is 0. The standard InChI is InChI=1S/C10H18N2O4S/c1-6(13)17-5-9(14)7(11)3-2-4-8(12)10(15)16/h7-8H,2-5,11-12H2,1H3,(H,15,16)/t7?,8-/m0/s1. The number of carbonyl (C=O) groups excluding carboxylic acids is 2. The third-order valence-corrected chi connectivity index (χ3v) is 3.01. The van der Waals surface area contributed by atoms with Crippen molar-refractivity contribution in [2.45, 2.75) is 38.3 Å². The number of hydrogen-bond donors (Lipinski definition) is 3. The average molecular weight is 262 g/mol. The number of thioether (sulfide) groups is 1. The molecule has 0 rings (SSSR count). The van der Waals surface area contributed by atoms with E-state index in [1.807, 2.05) is 0 Å². The maximum Gasteiger partial charge on any atom is 0.320 e. The molecule has 0 saturated heterocycles. The maximum atomic E-state index is 11.4. The van der Waals surface area contributed by atoms with E-state index >= 15 is 0 Å². The summed E-state index contributed by atoms with van der Waals surface area (Å²) in [7, 11) is 0. The Morgan fingerprint density at radius 1 is 1.18 bits per heavy atom. The van der Waals surface area contributed by atoms with Crippen molar-refractivity contribution in [3.63, 3.8) is 0 Å². The summed E-state index contributed by atoms with van der Waals surface area (Å²) in [5, 5.41) is 8.41. The number of carboxylic acids is 1. The zero-order valence-electron chi connectivity index (χ0n) is 9.72. The predicted molar refractivity (Wildman–Crippen MR) is 65.6 cm³/mol. The minimum Gasteiger partial charge on any atom is -0.480 e. The molecule has 1 unspecified atom stereocenters. The van der Waals surface area contributed by atoms with Crippen molar-refractivity contribution in [2.75, 3.05) is 5.75 Å². The highest BCUT2D eigenvalue weighted by Gasteiger charge is 2.16. The zero-order chi connectivity index (χ0) is 13.4.